The molecule has 0 saturated carbocycles. The van der Waals surface area contributed by atoms with Crippen molar-refractivity contribution < 1.29 is 27.0 Å². The smallest absolute Gasteiger partial charge is 0.215 e. The van der Waals surface area contributed by atoms with Crippen LogP contribution in [0.4, 0.5) is 15.9 Å². The third-order valence-electron chi connectivity index (χ3n) is 6.82. The highest BCUT2D eigenvalue weighted by molar-refractivity contribution is 7.73. The van der Waals surface area contributed by atoms with Gasteiger partial charge < -0.3 is 19.5 Å². The summed E-state index contributed by atoms with van der Waals surface area (Å²) in [5.74, 6) is 1.20. The van der Waals surface area contributed by atoms with Gasteiger partial charge in [0.05, 0.1) is 46.4 Å². The van der Waals surface area contributed by atoms with Gasteiger partial charge in [-0.3, -0.25) is 0 Å². The predicted octanol–water partition coefficient (Wildman–Crippen LogP) is 7.14. The van der Waals surface area contributed by atoms with Crippen LogP contribution in [0, 0.1) is 11.7 Å². The molecule has 3 aromatic carbocycles. The largest absolute Gasteiger partial charge is 0.496 e. The highest BCUT2D eigenvalue weighted by Gasteiger charge is 2.16. The first-order valence-electron chi connectivity index (χ1n) is 14.0. The Kier molecular flexibility index (Phi) is 10.6. The first-order valence-corrected chi connectivity index (χ1v) is 16.3. The second-order valence-electron chi connectivity index (χ2n) is 10.3. The van der Waals surface area contributed by atoms with Gasteiger partial charge in [0.2, 0.25) is 10.3 Å². The van der Waals surface area contributed by atoms with Crippen molar-refractivity contribution in [2.24, 2.45) is 5.92 Å². The lowest BCUT2D eigenvalue weighted by atomic mass is 10.1. The van der Waals surface area contributed by atoms with E-state index in [0.717, 1.165) is 21.7 Å². The van der Waals surface area contributed by atoms with Crippen LogP contribution >= 0.6 is 22.9 Å². The van der Waals surface area contributed by atoms with Gasteiger partial charge >= 0.3 is 0 Å². The molecule has 45 heavy (non-hydrogen) atoms. The molecule has 0 bridgehead atoms. The van der Waals surface area contributed by atoms with E-state index in [0.29, 0.717) is 57.0 Å². The summed E-state index contributed by atoms with van der Waals surface area (Å²) in [5.41, 5.74) is 3.54. The van der Waals surface area contributed by atoms with Crippen LogP contribution in [-0.2, 0) is 28.1 Å². The van der Waals surface area contributed by atoms with E-state index < -0.39 is 10.3 Å². The fourth-order valence-electron chi connectivity index (χ4n) is 4.46. The Morgan fingerprint density at radius 2 is 1.93 bits per heavy atom. The molecule has 2 heterocycles. The Morgan fingerprint density at radius 3 is 2.67 bits per heavy atom. The number of halogens is 2. The van der Waals surface area contributed by atoms with Crippen LogP contribution in [0.25, 0.3) is 22.2 Å². The number of nitrogens with zero attached hydrogens (tertiary/aromatic N) is 3. The fraction of sp³-hybridized carbons (Fsp3) is 0.250. The lowest BCUT2D eigenvalue weighted by molar-refractivity contribution is 0.174. The van der Waals surface area contributed by atoms with Crippen molar-refractivity contribution in [3.05, 3.63) is 87.7 Å². The SMILES string of the molecule is COc1cc2ncnc(Nc3ccc(OCc4cccc(F)c4)c(Cl)c3)c2cc1-c1csc(CCOCC(C(C)C)=S(=O)=O)n1. The number of aromatic nitrogens is 3. The lowest BCUT2D eigenvalue weighted by Crippen LogP contribution is -2.17. The van der Waals surface area contributed by atoms with E-state index in [1.54, 1.807) is 31.4 Å². The maximum atomic E-state index is 13.5. The van der Waals surface area contributed by atoms with Crippen LogP contribution in [0.3, 0.4) is 0 Å². The first-order chi connectivity index (χ1) is 21.7. The zero-order valence-corrected chi connectivity index (χ0v) is 27.1. The van der Waals surface area contributed by atoms with Crippen molar-refractivity contribution in [3.8, 4) is 22.8 Å². The zero-order chi connectivity index (χ0) is 31.9. The van der Waals surface area contributed by atoms with E-state index in [1.165, 1.54) is 29.8 Å². The molecular weight excluding hydrogens is 639 g/mol. The van der Waals surface area contributed by atoms with Crippen molar-refractivity contribution in [1.29, 1.82) is 0 Å². The minimum atomic E-state index is -2.27. The Labute approximate surface area is 270 Å². The molecule has 0 radical (unpaired) electrons. The van der Waals surface area contributed by atoms with E-state index in [1.807, 2.05) is 37.4 Å². The Bertz CT molecular complexity index is 1960. The van der Waals surface area contributed by atoms with Crippen LogP contribution in [0.1, 0.15) is 24.4 Å². The number of methoxy groups -OCH3 is 1. The number of benzene rings is 3. The molecule has 0 atom stereocenters. The van der Waals surface area contributed by atoms with Gasteiger partial charge in [0.15, 0.2) is 0 Å². The minimum Gasteiger partial charge on any atom is -0.496 e. The maximum absolute atomic E-state index is 13.5. The lowest BCUT2D eigenvalue weighted by Gasteiger charge is -2.13. The Balaban J connectivity index is 1.32. The second kappa shape index (κ2) is 14.8. The summed E-state index contributed by atoms with van der Waals surface area (Å²) >= 11 is 8.00. The van der Waals surface area contributed by atoms with E-state index in [-0.39, 0.29) is 24.9 Å². The van der Waals surface area contributed by atoms with Crippen LogP contribution in [0.15, 0.2) is 66.3 Å². The minimum absolute atomic E-state index is 0.0656. The molecule has 0 amide bonds. The highest BCUT2D eigenvalue weighted by Crippen LogP contribution is 2.37. The molecule has 5 aromatic rings. The average Bonchev–Trinajstić information content (AvgIpc) is 3.48. The summed E-state index contributed by atoms with van der Waals surface area (Å²) in [6.07, 6.45) is 2.00. The van der Waals surface area contributed by atoms with Gasteiger partial charge in [0, 0.05) is 34.5 Å². The van der Waals surface area contributed by atoms with E-state index in [2.05, 4.69) is 15.3 Å². The van der Waals surface area contributed by atoms with Crippen molar-refractivity contribution in [2.45, 2.75) is 26.9 Å². The average molecular weight is 669 g/mol. The summed E-state index contributed by atoms with van der Waals surface area (Å²) < 4.78 is 53.4. The van der Waals surface area contributed by atoms with Crippen LogP contribution in [0.5, 0.6) is 11.5 Å². The van der Waals surface area contributed by atoms with Gasteiger partial charge in [-0.05, 0) is 47.9 Å². The summed E-state index contributed by atoms with van der Waals surface area (Å²) in [7, 11) is -0.675. The molecular formula is C32H30ClFN4O5S2. The third kappa shape index (κ3) is 8.14. The number of ether oxygens (including phenoxy) is 3. The molecule has 0 aliphatic carbocycles. The van der Waals surface area contributed by atoms with Crippen LogP contribution in [-0.4, -0.2) is 48.6 Å². The molecule has 0 fully saturated rings. The van der Waals surface area contributed by atoms with Gasteiger partial charge in [0.25, 0.3) is 0 Å². The van der Waals surface area contributed by atoms with E-state index in [4.69, 9.17) is 30.8 Å². The molecule has 0 aliphatic rings. The quantitative estimate of drug-likeness (QED) is 0.103. The van der Waals surface area contributed by atoms with E-state index in [9.17, 15) is 12.8 Å². The summed E-state index contributed by atoms with van der Waals surface area (Å²) in [5, 5.41) is 7.23. The predicted molar refractivity (Wildman–Crippen MR) is 176 cm³/mol. The van der Waals surface area contributed by atoms with Gasteiger partial charge in [-0.1, -0.05) is 37.6 Å². The number of rotatable bonds is 13. The van der Waals surface area contributed by atoms with Gasteiger partial charge in [0.1, 0.15) is 36.1 Å². The standard InChI is InChI=1S/C32H30ClFN4O5S2/c1-19(2)30(45(39)40)16-42-10-9-31-38-27(17-44-31)23-13-24-26(14-29(23)41-3)35-18-36-32(24)37-22-7-8-28(25(33)12-22)43-15-20-5-4-6-21(34)11-20/h4-8,11-14,17-19H,9-10,15-16H2,1-3H3,(H,35,36,37). The summed E-state index contributed by atoms with van der Waals surface area (Å²) in [6, 6.07) is 15.3. The van der Waals surface area contributed by atoms with Crippen molar-refractivity contribution >= 4 is 60.5 Å². The topological polar surface area (TPSA) is 113 Å². The molecule has 0 aliphatic heterocycles. The van der Waals surface area contributed by atoms with Gasteiger partial charge in [-0.25, -0.2) is 19.3 Å². The van der Waals surface area contributed by atoms with Crippen LogP contribution in [0.2, 0.25) is 5.02 Å². The molecule has 5 rings (SSSR count). The van der Waals surface area contributed by atoms with Gasteiger partial charge in [-0.2, -0.15) is 8.42 Å². The number of hydrogen-bond acceptors (Lipinski definition) is 10. The Morgan fingerprint density at radius 1 is 1.09 bits per heavy atom. The molecule has 2 aromatic heterocycles. The highest BCUT2D eigenvalue weighted by atomic mass is 35.5. The van der Waals surface area contributed by atoms with Crippen molar-refractivity contribution in [2.75, 3.05) is 25.6 Å². The molecule has 234 valence electrons. The number of thiazole rings is 1. The molecule has 0 saturated heterocycles. The van der Waals surface area contributed by atoms with Gasteiger partial charge in [-0.15, -0.1) is 11.3 Å². The molecule has 9 nitrogen and oxygen atoms in total. The number of hydrogen-bond donors (Lipinski definition) is 1. The first kappa shape index (κ1) is 32.3. The summed E-state index contributed by atoms with van der Waals surface area (Å²) in [4.78, 5) is 14.0. The second-order valence-corrected chi connectivity index (χ2v) is 12.6. The zero-order valence-electron chi connectivity index (χ0n) is 24.7. The molecule has 1 N–H and O–H groups in total. The Hall–Kier alpha value is -4.10. The fourth-order valence-corrected chi connectivity index (χ4v) is 6.04. The molecule has 0 spiro atoms. The molecule has 0 unspecified atom stereocenters. The maximum Gasteiger partial charge on any atom is 0.215 e. The number of nitrogens with one attached hydrogen (secondary N) is 1. The molecule has 13 heteroatoms. The summed E-state index contributed by atoms with van der Waals surface area (Å²) in [6.45, 7) is 4.23. The third-order valence-corrected chi connectivity index (χ3v) is 9.05. The van der Waals surface area contributed by atoms with Crippen molar-refractivity contribution in [1.82, 2.24) is 15.0 Å². The number of fused-ring (bicyclic) bond motifs is 1. The number of anilines is 2. The van der Waals surface area contributed by atoms with Crippen molar-refractivity contribution in [3.63, 3.8) is 0 Å². The normalized spacial score (nSPS) is 11.2. The van der Waals surface area contributed by atoms with Crippen LogP contribution < -0.4 is 14.8 Å². The monoisotopic (exact) mass is 668 g/mol. The van der Waals surface area contributed by atoms with E-state index >= 15 is 0 Å².